The van der Waals surface area contributed by atoms with Crippen LogP contribution in [0.1, 0.15) is 48.5 Å². The summed E-state index contributed by atoms with van der Waals surface area (Å²) < 4.78 is 0. The van der Waals surface area contributed by atoms with Gasteiger partial charge >= 0.3 is 0 Å². The second-order valence-corrected chi connectivity index (χ2v) is 7.01. The van der Waals surface area contributed by atoms with Gasteiger partial charge in [0.25, 0.3) is 5.91 Å². The molecule has 2 fully saturated rings. The third kappa shape index (κ3) is 2.45. The van der Waals surface area contributed by atoms with Gasteiger partial charge in [-0.1, -0.05) is 35.0 Å². The normalized spacial score (nSPS) is 29.6. The van der Waals surface area contributed by atoms with E-state index in [-0.39, 0.29) is 5.91 Å². The van der Waals surface area contributed by atoms with Crippen molar-refractivity contribution < 1.29 is 4.79 Å². The van der Waals surface area contributed by atoms with Crippen molar-refractivity contribution in [1.82, 2.24) is 4.90 Å². The van der Waals surface area contributed by atoms with Crippen LogP contribution in [0.4, 0.5) is 0 Å². The number of amides is 1. The van der Waals surface area contributed by atoms with Gasteiger partial charge in [0.05, 0.1) is 0 Å². The third-order valence-electron chi connectivity index (χ3n) is 4.52. The van der Waals surface area contributed by atoms with Gasteiger partial charge in [-0.25, -0.2) is 0 Å². The van der Waals surface area contributed by atoms with Gasteiger partial charge in [0, 0.05) is 22.5 Å². The first-order chi connectivity index (χ1) is 9.19. The third-order valence-corrected chi connectivity index (χ3v) is 5.27. The molecule has 1 amide bonds. The van der Waals surface area contributed by atoms with Gasteiger partial charge in [-0.15, -0.1) is 0 Å². The Balaban J connectivity index is 1.80. The lowest BCUT2D eigenvalue weighted by Crippen LogP contribution is -2.46. The largest absolute Gasteiger partial charge is 0.333 e. The van der Waals surface area contributed by atoms with Crippen LogP contribution in [0.25, 0.3) is 0 Å². The van der Waals surface area contributed by atoms with Crippen LogP contribution in [0.5, 0.6) is 0 Å². The van der Waals surface area contributed by atoms with E-state index in [1.54, 1.807) is 0 Å². The Hall–Kier alpha value is -0.830. The number of carbonyl (C=O) groups excluding carboxylic acids is 1. The lowest BCUT2D eigenvalue weighted by atomic mass is 10.0. The Bertz CT molecular complexity index is 456. The van der Waals surface area contributed by atoms with Crippen molar-refractivity contribution in [3.8, 4) is 0 Å². The fraction of sp³-hybridized carbons (Fsp3) is 0.562. The summed E-state index contributed by atoms with van der Waals surface area (Å²) in [5.41, 5.74) is 2.14. The summed E-state index contributed by atoms with van der Waals surface area (Å²) in [4.78, 5) is 15.4. The number of aryl methyl sites for hydroxylation is 1. The standard InChI is InChI=1S/C16H20BrNO/c1-2-11-3-5-12(6-4-11)16(19)18-14-7-8-15(18)10-13(17)9-14/h3-6,13-15H,2,7-10H2,1H3. The smallest absolute Gasteiger partial charge is 0.254 e. The Labute approximate surface area is 123 Å². The van der Waals surface area contributed by atoms with E-state index in [0.29, 0.717) is 16.9 Å². The molecule has 0 saturated carbocycles. The molecule has 0 aromatic heterocycles. The van der Waals surface area contributed by atoms with Crippen LogP contribution in [0.15, 0.2) is 24.3 Å². The molecular weight excluding hydrogens is 302 g/mol. The molecule has 0 aliphatic carbocycles. The molecule has 2 aliphatic heterocycles. The van der Waals surface area contributed by atoms with Crippen LogP contribution in [0, 0.1) is 0 Å². The van der Waals surface area contributed by atoms with Crippen molar-refractivity contribution in [3.63, 3.8) is 0 Å². The van der Waals surface area contributed by atoms with Gasteiger partial charge in [-0.05, 0) is 49.8 Å². The molecule has 0 spiro atoms. The quantitative estimate of drug-likeness (QED) is 0.759. The minimum Gasteiger partial charge on any atom is -0.333 e. The molecule has 102 valence electrons. The lowest BCUT2D eigenvalue weighted by Gasteiger charge is -2.37. The number of fused-ring (bicyclic) bond motifs is 2. The molecule has 2 unspecified atom stereocenters. The van der Waals surface area contributed by atoms with Crippen molar-refractivity contribution in [2.75, 3.05) is 0 Å². The number of piperidine rings is 1. The summed E-state index contributed by atoms with van der Waals surface area (Å²) in [7, 11) is 0. The first-order valence-electron chi connectivity index (χ1n) is 7.24. The highest BCUT2D eigenvalue weighted by Crippen LogP contribution is 2.39. The molecule has 3 heteroatoms. The molecule has 1 aromatic carbocycles. The minimum absolute atomic E-state index is 0.231. The lowest BCUT2D eigenvalue weighted by molar-refractivity contribution is 0.0603. The van der Waals surface area contributed by atoms with Gasteiger partial charge in [0.1, 0.15) is 0 Å². The van der Waals surface area contributed by atoms with Crippen LogP contribution in [0.2, 0.25) is 0 Å². The molecule has 2 saturated heterocycles. The van der Waals surface area contributed by atoms with Gasteiger partial charge in [-0.2, -0.15) is 0 Å². The number of hydrogen-bond donors (Lipinski definition) is 0. The fourth-order valence-corrected chi connectivity index (χ4v) is 4.34. The first-order valence-corrected chi connectivity index (χ1v) is 8.16. The summed E-state index contributed by atoms with van der Waals surface area (Å²) in [6, 6.07) is 9.02. The summed E-state index contributed by atoms with van der Waals surface area (Å²) >= 11 is 3.72. The Morgan fingerprint density at radius 1 is 1.21 bits per heavy atom. The first kappa shape index (κ1) is 13.2. The molecule has 19 heavy (non-hydrogen) atoms. The number of halogens is 1. The van der Waals surface area contributed by atoms with Gasteiger partial charge < -0.3 is 4.90 Å². The van der Waals surface area contributed by atoms with E-state index in [0.717, 1.165) is 24.8 Å². The molecule has 3 rings (SSSR count). The number of alkyl halides is 1. The SMILES string of the molecule is CCc1ccc(C(=O)N2C3CCC2CC(Br)C3)cc1. The maximum absolute atomic E-state index is 12.7. The van der Waals surface area contributed by atoms with Crippen LogP contribution in [-0.4, -0.2) is 27.7 Å². The van der Waals surface area contributed by atoms with E-state index in [2.05, 4.69) is 39.9 Å². The Kier molecular flexibility index (Phi) is 3.66. The van der Waals surface area contributed by atoms with Crippen molar-refractivity contribution in [2.45, 2.75) is 55.9 Å². The van der Waals surface area contributed by atoms with E-state index >= 15 is 0 Å². The van der Waals surface area contributed by atoms with E-state index < -0.39 is 0 Å². The van der Waals surface area contributed by atoms with Gasteiger partial charge in [0.2, 0.25) is 0 Å². The highest BCUT2D eigenvalue weighted by Gasteiger charge is 2.42. The second-order valence-electron chi connectivity index (χ2n) is 5.72. The fourth-order valence-electron chi connectivity index (χ4n) is 3.47. The molecule has 2 nitrogen and oxygen atoms in total. The zero-order valence-corrected chi connectivity index (χ0v) is 12.9. The summed E-state index contributed by atoms with van der Waals surface area (Å²) in [5, 5.41) is 0. The highest BCUT2D eigenvalue weighted by atomic mass is 79.9. The van der Waals surface area contributed by atoms with E-state index in [9.17, 15) is 4.79 Å². The van der Waals surface area contributed by atoms with Crippen molar-refractivity contribution in [2.24, 2.45) is 0 Å². The molecule has 0 N–H and O–H groups in total. The highest BCUT2D eigenvalue weighted by molar-refractivity contribution is 9.09. The average Bonchev–Trinajstić information content (AvgIpc) is 2.70. The number of rotatable bonds is 2. The summed E-state index contributed by atoms with van der Waals surface area (Å²) in [5.74, 6) is 0.231. The number of hydrogen-bond acceptors (Lipinski definition) is 1. The van der Waals surface area contributed by atoms with E-state index in [4.69, 9.17) is 0 Å². The zero-order chi connectivity index (χ0) is 13.4. The molecule has 1 aromatic rings. The minimum atomic E-state index is 0.231. The average molecular weight is 322 g/mol. The van der Waals surface area contributed by atoms with Crippen LogP contribution in [-0.2, 0) is 6.42 Å². The van der Waals surface area contributed by atoms with Crippen LogP contribution < -0.4 is 0 Å². The molecular formula is C16H20BrNO. The Morgan fingerprint density at radius 3 is 2.32 bits per heavy atom. The van der Waals surface area contributed by atoms with Crippen LogP contribution in [0.3, 0.4) is 0 Å². The molecule has 0 radical (unpaired) electrons. The number of nitrogens with zero attached hydrogens (tertiary/aromatic N) is 1. The molecule has 2 bridgehead atoms. The van der Waals surface area contributed by atoms with E-state index in [1.807, 2.05) is 12.1 Å². The van der Waals surface area contributed by atoms with Crippen molar-refractivity contribution in [1.29, 1.82) is 0 Å². The summed E-state index contributed by atoms with van der Waals surface area (Å²) in [6.07, 6.45) is 5.58. The maximum Gasteiger partial charge on any atom is 0.254 e. The predicted octanol–water partition coefficient (Wildman–Crippen LogP) is 3.78. The molecule has 2 atom stereocenters. The van der Waals surface area contributed by atoms with Gasteiger partial charge in [0.15, 0.2) is 0 Å². The number of benzene rings is 1. The Morgan fingerprint density at radius 2 is 1.79 bits per heavy atom. The van der Waals surface area contributed by atoms with Crippen molar-refractivity contribution >= 4 is 21.8 Å². The van der Waals surface area contributed by atoms with Crippen LogP contribution >= 0.6 is 15.9 Å². The molecule has 2 heterocycles. The maximum atomic E-state index is 12.7. The predicted molar refractivity (Wildman–Crippen MR) is 80.7 cm³/mol. The zero-order valence-electron chi connectivity index (χ0n) is 11.3. The number of carbonyl (C=O) groups is 1. The second kappa shape index (κ2) is 5.28. The monoisotopic (exact) mass is 321 g/mol. The van der Waals surface area contributed by atoms with Crippen molar-refractivity contribution in [3.05, 3.63) is 35.4 Å². The van der Waals surface area contributed by atoms with Gasteiger partial charge in [-0.3, -0.25) is 4.79 Å². The topological polar surface area (TPSA) is 20.3 Å². The van der Waals surface area contributed by atoms with E-state index in [1.165, 1.54) is 18.4 Å². The molecule has 2 aliphatic rings. The summed E-state index contributed by atoms with van der Waals surface area (Å²) in [6.45, 7) is 2.14.